The average molecular weight is 392 g/mol. The Morgan fingerprint density at radius 1 is 0.828 bits per heavy atom. The third kappa shape index (κ3) is 3.82. The fraction of sp³-hybridized carbons (Fsp3) is 0.238. The van der Waals surface area contributed by atoms with Crippen LogP contribution in [0.2, 0.25) is 0 Å². The number of hydrogen-bond donors (Lipinski definition) is 2. The van der Waals surface area contributed by atoms with Gasteiger partial charge in [0.1, 0.15) is 19.0 Å². The normalized spacial score (nSPS) is 13.8. The first-order valence-electron chi connectivity index (χ1n) is 9.38. The van der Waals surface area contributed by atoms with Crippen LogP contribution in [0.15, 0.2) is 42.5 Å². The largest absolute Gasteiger partial charge is 0.486 e. The van der Waals surface area contributed by atoms with Gasteiger partial charge in [0.05, 0.1) is 0 Å². The van der Waals surface area contributed by atoms with Crippen molar-refractivity contribution < 1.29 is 18.9 Å². The highest BCUT2D eigenvalue weighted by Crippen LogP contribution is 2.34. The van der Waals surface area contributed by atoms with Crippen molar-refractivity contribution in [3.8, 4) is 23.0 Å². The second-order valence-corrected chi connectivity index (χ2v) is 6.74. The van der Waals surface area contributed by atoms with E-state index >= 15 is 0 Å². The first-order valence-corrected chi connectivity index (χ1v) is 9.38. The molecule has 2 aromatic carbocycles. The van der Waals surface area contributed by atoms with E-state index in [4.69, 9.17) is 18.9 Å². The molecule has 1 aromatic heterocycles. The van der Waals surface area contributed by atoms with Gasteiger partial charge in [-0.1, -0.05) is 6.07 Å². The van der Waals surface area contributed by atoms with Crippen LogP contribution < -0.4 is 29.6 Å². The van der Waals surface area contributed by atoms with Crippen LogP contribution >= 0.6 is 0 Å². The van der Waals surface area contributed by atoms with Gasteiger partial charge in [-0.3, -0.25) is 0 Å². The Morgan fingerprint density at radius 3 is 2.52 bits per heavy atom. The SMILES string of the molecule is Cc1cc(Nc2ccc3c(c2)OCCO3)nc(NCc2ccc3c(c2)OCO3)n1. The lowest BCUT2D eigenvalue weighted by Gasteiger charge is -2.19. The van der Waals surface area contributed by atoms with Gasteiger partial charge in [0.2, 0.25) is 12.7 Å². The zero-order valence-electron chi connectivity index (χ0n) is 15.9. The summed E-state index contributed by atoms with van der Waals surface area (Å²) in [6.07, 6.45) is 0. The Morgan fingerprint density at radius 2 is 1.59 bits per heavy atom. The lowest BCUT2D eigenvalue weighted by Crippen LogP contribution is -2.15. The highest BCUT2D eigenvalue weighted by molar-refractivity contribution is 5.62. The standard InChI is InChI=1S/C21H20N4O4/c1-13-8-20(24-15-3-5-16-19(10-15)27-7-6-26-16)25-21(23-13)22-11-14-2-4-17-18(9-14)29-12-28-17/h2-5,8-10H,6-7,11-12H2,1H3,(H2,22,23,24,25). The van der Waals surface area contributed by atoms with Crippen LogP contribution in [-0.2, 0) is 6.54 Å². The van der Waals surface area contributed by atoms with Crippen molar-refractivity contribution in [1.29, 1.82) is 0 Å². The molecule has 8 heteroatoms. The fourth-order valence-corrected chi connectivity index (χ4v) is 3.21. The molecule has 0 unspecified atom stereocenters. The summed E-state index contributed by atoms with van der Waals surface area (Å²) in [6.45, 7) is 3.90. The minimum absolute atomic E-state index is 0.266. The number of nitrogens with zero attached hydrogens (tertiary/aromatic N) is 2. The Kier molecular flexibility index (Phi) is 4.44. The molecular weight excluding hydrogens is 372 g/mol. The summed E-state index contributed by atoms with van der Waals surface area (Å²) in [5.74, 6) is 4.26. The van der Waals surface area contributed by atoms with Crippen LogP contribution in [0, 0.1) is 6.92 Å². The molecule has 8 nitrogen and oxygen atoms in total. The fourth-order valence-electron chi connectivity index (χ4n) is 3.21. The molecule has 0 fully saturated rings. The number of rotatable bonds is 5. The number of aromatic nitrogens is 2. The second kappa shape index (κ2) is 7.38. The number of ether oxygens (including phenoxy) is 4. The summed E-state index contributed by atoms with van der Waals surface area (Å²) in [6, 6.07) is 13.5. The van der Waals surface area contributed by atoms with Crippen LogP contribution in [0.1, 0.15) is 11.3 Å². The van der Waals surface area contributed by atoms with Crippen LogP contribution in [0.4, 0.5) is 17.5 Å². The smallest absolute Gasteiger partial charge is 0.231 e. The van der Waals surface area contributed by atoms with Gasteiger partial charge in [-0.05, 0) is 36.8 Å². The van der Waals surface area contributed by atoms with Crippen molar-refractivity contribution in [3.05, 3.63) is 53.7 Å². The summed E-state index contributed by atoms with van der Waals surface area (Å²) in [5.41, 5.74) is 2.78. The van der Waals surface area contributed by atoms with Crippen LogP contribution in [0.5, 0.6) is 23.0 Å². The average Bonchev–Trinajstić information content (AvgIpc) is 3.20. The monoisotopic (exact) mass is 392 g/mol. The molecule has 29 heavy (non-hydrogen) atoms. The molecule has 2 N–H and O–H groups in total. The van der Waals surface area contributed by atoms with E-state index < -0.39 is 0 Å². The van der Waals surface area contributed by atoms with Gasteiger partial charge >= 0.3 is 0 Å². The van der Waals surface area contributed by atoms with E-state index in [2.05, 4.69) is 20.6 Å². The molecule has 0 atom stereocenters. The topological polar surface area (TPSA) is 86.8 Å². The Bertz CT molecular complexity index is 1060. The van der Waals surface area contributed by atoms with Crippen LogP contribution in [0.3, 0.4) is 0 Å². The van der Waals surface area contributed by atoms with Crippen molar-refractivity contribution in [2.45, 2.75) is 13.5 Å². The van der Waals surface area contributed by atoms with Crippen molar-refractivity contribution in [1.82, 2.24) is 9.97 Å². The van der Waals surface area contributed by atoms with E-state index in [9.17, 15) is 0 Å². The predicted octanol–water partition coefficient (Wildman–Crippen LogP) is 3.64. The molecule has 0 radical (unpaired) electrons. The highest BCUT2D eigenvalue weighted by Gasteiger charge is 2.14. The summed E-state index contributed by atoms with van der Waals surface area (Å²) < 4.78 is 22.0. The van der Waals surface area contributed by atoms with Crippen molar-refractivity contribution >= 4 is 17.5 Å². The number of nitrogens with one attached hydrogen (secondary N) is 2. The molecule has 0 aliphatic carbocycles. The molecule has 2 aliphatic rings. The second-order valence-electron chi connectivity index (χ2n) is 6.74. The lowest BCUT2D eigenvalue weighted by molar-refractivity contribution is 0.171. The van der Waals surface area contributed by atoms with Crippen LogP contribution in [0.25, 0.3) is 0 Å². The molecule has 0 saturated heterocycles. The quantitative estimate of drug-likeness (QED) is 0.681. The molecule has 0 saturated carbocycles. The van der Waals surface area contributed by atoms with Crippen LogP contribution in [-0.4, -0.2) is 30.0 Å². The Hall–Kier alpha value is -3.68. The van der Waals surface area contributed by atoms with Gasteiger partial charge < -0.3 is 29.6 Å². The zero-order chi connectivity index (χ0) is 19.6. The third-order valence-electron chi connectivity index (χ3n) is 4.56. The number of benzene rings is 2. The van der Waals surface area contributed by atoms with E-state index in [0.29, 0.717) is 31.5 Å². The van der Waals surface area contributed by atoms with Gasteiger partial charge in [0, 0.05) is 30.1 Å². The number of aryl methyl sites for hydroxylation is 1. The number of fused-ring (bicyclic) bond motifs is 2. The minimum Gasteiger partial charge on any atom is -0.486 e. The van der Waals surface area contributed by atoms with E-state index in [1.807, 2.05) is 49.4 Å². The van der Waals surface area contributed by atoms with Crippen molar-refractivity contribution in [2.75, 3.05) is 30.6 Å². The first-order chi connectivity index (χ1) is 14.2. The maximum absolute atomic E-state index is 5.64. The molecule has 0 spiro atoms. The molecule has 3 heterocycles. The van der Waals surface area contributed by atoms with Gasteiger partial charge in [-0.25, -0.2) is 4.98 Å². The van der Waals surface area contributed by atoms with E-state index in [-0.39, 0.29) is 6.79 Å². The number of anilines is 3. The van der Waals surface area contributed by atoms with E-state index in [1.165, 1.54) is 0 Å². The molecule has 0 bridgehead atoms. The summed E-state index contributed by atoms with van der Waals surface area (Å²) in [4.78, 5) is 9.04. The molecular formula is C21H20N4O4. The lowest BCUT2D eigenvalue weighted by atomic mass is 10.2. The molecule has 0 amide bonds. The third-order valence-corrected chi connectivity index (χ3v) is 4.56. The predicted molar refractivity (Wildman–Crippen MR) is 107 cm³/mol. The van der Waals surface area contributed by atoms with Crippen molar-refractivity contribution in [3.63, 3.8) is 0 Å². The van der Waals surface area contributed by atoms with E-state index in [0.717, 1.165) is 39.9 Å². The summed E-state index contributed by atoms with van der Waals surface area (Å²) in [5, 5.41) is 6.57. The maximum atomic E-state index is 5.64. The number of hydrogen-bond acceptors (Lipinski definition) is 8. The molecule has 3 aromatic rings. The summed E-state index contributed by atoms with van der Waals surface area (Å²) >= 11 is 0. The van der Waals surface area contributed by atoms with Gasteiger partial charge in [-0.15, -0.1) is 0 Å². The minimum atomic E-state index is 0.266. The molecule has 5 rings (SSSR count). The highest BCUT2D eigenvalue weighted by atomic mass is 16.7. The Balaban J connectivity index is 1.30. The van der Waals surface area contributed by atoms with E-state index in [1.54, 1.807) is 0 Å². The molecule has 2 aliphatic heterocycles. The van der Waals surface area contributed by atoms with Gasteiger partial charge in [-0.2, -0.15) is 4.98 Å². The summed E-state index contributed by atoms with van der Waals surface area (Å²) in [7, 11) is 0. The van der Waals surface area contributed by atoms with Gasteiger partial charge in [0.25, 0.3) is 0 Å². The zero-order valence-corrected chi connectivity index (χ0v) is 15.9. The maximum Gasteiger partial charge on any atom is 0.231 e. The van der Waals surface area contributed by atoms with Crippen molar-refractivity contribution in [2.24, 2.45) is 0 Å². The van der Waals surface area contributed by atoms with Gasteiger partial charge in [0.15, 0.2) is 23.0 Å². The molecule has 148 valence electrons. The Labute approximate surface area is 167 Å². The first kappa shape index (κ1) is 17.4.